The topological polar surface area (TPSA) is 69.1 Å². The van der Waals surface area contributed by atoms with Gasteiger partial charge in [-0.2, -0.15) is 0 Å². The van der Waals surface area contributed by atoms with Gasteiger partial charge >= 0.3 is 0 Å². The average molecular weight is 284 g/mol. The molecule has 114 valence electrons. The Balaban J connectivity index is 1.65. The van der Waals surface area contributed by atoms with E-state index >= 15 is 0 Å². The summed E-state index contributed by atoms with van der Waals surface area (Å²) in [4.78, 5) is 15.0. The number of unbranched alkanes of at least 4 members (excludes halogenated alkanes) is 1. The number of nitrogens with zero attached hydrogens (tertiary/aromatic N) is 2. The fourth-order valence-corrected chi connectivity index (χ4v) is 3.29. The molecule has 3 aliphatic rings. The maximum atomic E-state index is 12.1. The zero-order chi connectivity index (χ0) is 14.5. The van der Waals surface area contributed by atoms with Crippen LogP contribution >= 0.6 is 0 Å². The van der Waals surface area contributed by atoms with Crippen molar-refractivity contribution in [3.05, 3.63) is 0 Å². The van der Waals surface area contributed by atoms with Gasteiger partial charge in [0.15, 0.2) is 6.54 Å². The van der Waals surface area contributed by atoms with E-state index in [1.165, 1.54) is 50.1 Å². The van der Waals surface area contributed by atoms with E-state index in [-0.39, 0.29) is 5.91 Å². The van der Waals surface area contributed by atoms with Gasteiger partial charge < -0.3 is 14.3 Å². The van der Waals surface area contributed by atoms with Crippen LogP contribution in [0.4, 0.5) is 0 Å². The lowest BCUT2D eigenvalue weighted by Crippen LogP contribution is -2.74. The Labute approximate surface area is 121 Å². The van der Waals surface area contributed by atoms with E-state index in [0.717, 1.165) is 30.4 Å². The summed E-state index contributed by atoms with van der Waals surface area (Å²) in [5.74, 6) is 0.223. The summed E-state index contributed by atoms with van der Waals surface area (Å²) in [5, 5.41) is 3.06. The standard InChI is InChI=1S/C14H28N5O/c1-18-6-9-19(10-7-18,11-8-18)12-14(20)17-5-3-2-4-16-13-15/h13H,2-12H2,1H3,(H2-,15,16,17,20)/q+1/p+2. The molecule has 0 aliphatic carbocycles. The largest absolute Gasteiger partial charge is 0.351 e. The molecule has 3 saturated heterocycles. The molecule has 6 nitrogen and oxygen atoms in total. The highest BCUT2D eigenvalue weighted by atomic mass is 16.2. The Morgan fingerprint density at radius 3 is 2.45 bits per heavy atom. The predicted octanol–water partition coefficient (Wildman–Crippen LogP) is -2.76. The number of fused-ring (bicyclic) bond motifs is 3. The molecule has 0 aromatic carbocycles. The highest BCUT2D eigenvalue weighted by Crippen LogP contribution is 2.24. The number of hydrogen-bond acceptors (Lipinski definition) is 1. The number of piperazine rings is 3. The van der Waals surface area contributed by atoms with Crippen LogP contribution in [-0.4, -0.2) is 87.2 Å². The predicted molar refractivity (Wildman–Crippen MR) is 78.8 cm³/mol. The summed E-state index contributed by atoms with van der Waals surface area (Å²) >= 11 is 0. The summed E-state index contributed by atoms with van der Waals surface area (Å²) in [7, 11) is 2.35. The Bertz CT molecular complexity index is 344. The van der Waals surface area contributed by atoms with Crippen LogP contribution in [0.3, 0.4) is 0 Å². The second-order valence-electron chi connectivity index (χ2n) is 6.64. The Morgan fingerprint density at radius 1 is 1.20 bits per heavy atom. The number of nitrogens with two attached hydrogens (primary N) is 1. The zero-order valence-corrected chi connectivity index (χ0v) is 12.7. The third-order valence-corrected chi connectivity index (χ3v) is 5.01. The Kier molecular flexibility index (Phi) is 4.99. The third-order valence-electron chi connectivity index (χ3n) is 5.01. The maximum absolute atomic E-state index is 12.1. The summed E-state index contributed by atoms with van der Waals surface area (Å²) < 4.78 is 2.23. The smallest absolute Gasteiger partial charge is 0.275 e. The van der Waals surface area contributed by atoms with Crippen molar-refractivity contribution in [2.24, 2.45) is 5.73 Å². The first-order valence-corrected chi connectivity index (χ1v) is 7.80. The lowest BCUT2D eigenvalue weighted by molar-refractivity contribution is -1.07. The van der Waals surface area contributed by atoms with Crippen LogP contribution < -0.4 is 16.0 Å². The van der Waals surface area contributed by atoms with Gasteiger partial charge in [0.05, 0.1) is 13.6 Å². The van der Waals surface area contributed by atoms with Gasteiger partial charge in [0, 0.05) is 6.54 Å². The number of nitrogens with one attached hydrogen (secondary N) is 2. The van der Waals surface area contributed by atoms with Crippen LogP contribution in [0.1, 0.15) is 12.8 Å². The van der Waals surface area contributed by atoms with E-state index in [2.05, 4.69) is 17.4 Å². The number of amides is 1. The van der Waals surface area contributed by atoms with Gasteiger partial charge in [0.1, 0.15) is 39.3 Å². The molecule has 20 heavy (non-hydrogen) atoms. The number of quaternary nitrogens is 2. The van der Waals surface area contributed by atoms with Crippen molar-refractivity contribution in [1.82, 2.24) is 5.32 Å². The summed E-state index contributed by atoms with van der Waals surface area (Å²) in [6.07, 6.45) is 3.50. The minimum atomic E-state index is 0.223. The van der Waals surface area contributed by atoms with Gasteiger partial charge in [-0.05, 0) is 12.8 Å². The van der Waals surface area contributed by atoms with Gasteiger partial charge in [-0.3, -0.25) is 15.5 Å². The van der Waals surface area contributed by atoms with Crippen LogP contribution in [-0.2, 0) is 4.79 Å². The van der Waals surface area contributed by atoms with E-state index in [9.17, 15) is 4.79 Å². The van der Waals surface area contributed by atoms with Gasteiger partial charge in [0.25, 0.3) is 5.91 Å². The molecular formula is C14H30N5O+3. The van der Waals surface area contributed by atoms with Crippen molar-refractivity contribution in [1.29, 1.82) is 0 Å². The molecule has 3 rings (SSSR count). The molecule has 0 saturated carbocycles. The van der Waals surface area contributed by atoms with Crippen molar-refractivity contribution in [2.45, 2.75) is 12.8 Å². The first-order valence-electron chi connectivity index (χ1n) is 7.80. The highest BCUT2D eigenvalue weighted by molar-refractivity contribution is 5.77. The molecule has 0 unspecified atom stereocenters. The molecule has 3 heterocycles. The van der Waals surface area contributed by atoms with Crippen molar-refractivity contribution in [3.8, 4) is 0 Å². The fraction of sp³-hybridized carbons (Fsp3) is 0.857. The maximum Gasteiger partial charge on any atom is 0.275 e. The molecule has 0 atom stereocenters. The summed E-state index contributed by atoms with van der Waals surface area (Å²) in [6.45, 7) is 9.52. The number of hydrogen-bond donors (Lipinski definition) is 3. The molecule has 0 aromatic rings. The average Bonchev–Trinajstić information content (AvgIpc) is 2.44. The zero-order valence-electron chi connectivity index (χ0n) is 12.7. The van der Waals surface area contributed by atoms with E-state index in [0.29, 0.717) is 6.54 Å². The molecule has 0 radical (unpaired) electrons. The number of likely N-dealkylation sites (N-methyl/N-ethyl adjacent to an activating group) is 1. The molecule has 2 bridgehead atoms. The molecule has 3 aliphatic heterocycles. The number of rotatable bonds is 7. The van der Waals surface area contributed by atoms with Crippen LogP contribution in [0, 0.1) is 0 Å². The van der Waals surface area contributed by atoms with Crippen LogP contribution in [0.25, 0.3) is 0 Å². The highest BCUT2D eigenvalue weighted by Gasteiger charge is 2.47. The Hall–Kier alpha value is -1.14. The van der Waals surface area contributed by atoms with Gasteiger partial charge in [0.2, 0.25) is 6.34 Å². The molecule has 6 heteroatoms. The van der Waals surface area contributed by atoms with Crippen LogP contribution in [0.15, 0.2) is 0 Å². The van der Waals surface area contributed by atoms with Gasteiger partial charge in [-0.1, -0.05) is 0 Å². The van der Waals surface area contributed by atoms with Crippen molar-refractivity contribution >= 4 is 12.2 Å². The number of carbonyl (C=O) groups is 1. The second-order valence-corrected chi connectivity index (χ2v) is 6.64. The van der Waals surface area contributed by atoms with E-state index in [1.807, 2.05) is 0 Å². The third kappa shape index (κ3) is 3.93. The first-order chi connectivity index (χ1) is 9.58. The quantitative estimate of drug-likeness (QED) is 0.205. The molecular weight excluding hydrogens is 254 g/mol. The van der Waals surface area contributed by atoms with Crippen molar-refractivity contribution < 1.29 is 18.8 Å². The lowest BCUT2D eigenvalue weighted by atomic mass is 10.1. The van der Waals surface area contributed by atoms with Crippen LogP contribution in [0.5, 0.6) is 0 Å². The molecule has 0 spiro atoms. The first kappa shape index (κ1) is 15.3. The molecule has 1 amide bonds. The van der Waals surface area contributed by atoms with Crippen LogP contribution in [0.2, 0.25) is 0 Å². The minimum Gasteiger partial charge on any atom is -0.351 e. The molecule has 3 fully saturated rings. The van der Waals surface area contributed by atoms with E-state index < -0.39 is 0 Å². The van der Waals surface area contributed by atoms with Gasteiger partial charge in [-0.25, -0.2) is 0 Å². The molecule has 0 aromatic heterocycles. The number of carbonyl (C=O) groups excluding carboxylic acids is 1. The minimum absolute atomic E-state index is 0.223. The van der Waals surface area contributed by atoms with Gasteiger partial charge in [-0.15, -0.1) is 0 Å². The molecule has 4 N–H and O–H groups in total. The van der Waals surface area contributed by atoms with E-state index in [4.69, 9.17) is 5.73 Å². The van der Waals surface area contributed by atoms with Crippen molar-refractivity contribution in [3.63, 3.8) is 0 Å². The van der Waals surface area contributed by atoms with Crippen molar-refractivity contribution in [2.75, 3.05) is 66.0 Å². The SMILES string of the molecule is C[N+]12CC[N+](CC(=O)NCCCC[NH+]=CN)(CC1)CC2. The van der Waals surface area contributed by atoms with E-state index in [1.54, 1.807) is 0 Å². The lowest BCUT2D eigenvalue weighted by Gasteiger charge is -2.53. The normalized spacial score (nSPS) is 32.6. The fourth-order valence-electron chi connectivity index (χ4n) is 3.29. The summed E-state index contributed by atoms with van der Waals surface area (Å²) in [6, 6.07) is 0. The second kappa shape index (κ2) is 6.54. The monoisotopic (exact) mass is 284 g/mol. The Morgan fingerprint density at radius 2 is 1.85 bits per heavy atom. The summed E-state index contributed by atoms with van der Waals surface area (Å²) in [5.41, 5.74) is 5.23.